The molecule has 12 nitrogen and oxygen atoms in total. The summed E-state index contributed by atoms with van der Waals surface area (Å²) in [6, 6.07) is 0. The summed E-state index contributed by atoms with van der Waals surface area (Å²) in [4.78, 5) is 36.2. The van der Waals surface area contributed by atoms with Crippen LogP contribution in [0.25, 0.3) is 11.0 Å². The number of H-pyrrole nitrogens is 1. The van der Waals surface area contributed by atoms with E-state index >= 15 is 0 Å². The number of aliphatic imine (C=N–C) groups is 1. The Bertz CT molecular complexity index is 1080. The number of hydrogen-bond acceptors (Lipinski definition) is 8. The number of aliphatic hydroxyl groups excluding tert-OH is 2. The van der Waals surface area contributed by atoms with Crippen LogP contribution in [0.2, 0.25) is 0 Å². The number of aromatic nitrogens is 4. The Morgan fingerprint density at radius 2 is 2.18 bits per heavy atom. The average Bonchev–Trinajstić information content (AvgIpc) is 3.29. The minimum Gasteiger partial charge on any atom is -0.394 e. The number of aryl methyl sites for hydroxylation is 1. The molecule has 33 heavy (non-hydrogen) atoms. The van der Waals surface area contributed by atoms with Crippen LogP contribution in [0, 0.1) is 0 Å². The Morgan fingerprint density at radius 3 is 2.79 bits per heavy atom. The topological polar surface area (TPSA) is 158 Å². The van der Waals surface area contributed by atoms with Crippen molar-refractivity contribution >= 4 is 29.2 Å². The van der Waals surface area contributed by atoms with Gasteiger partial charge in [-0.2, -0.15) is 23.3 Å². The number of fused-ring (bicyclic) bond motifs is 1. The molecule has 4 N–H and O–H groups in total. The lowest BCUT2D eigenvalue weighted by molar-refractivity contribution is -0.173. The molecule has 3 heterocycles. The first-order valence-electron chi connectivity index (χ1n) is 10.0. The van der Waals surface area contributed by atoms with Crippen molar-refractivity contribution in [3.63, 3.8) is 0 Å². The van der Waals surface area contributed by atoms with Crippen molar-refractivity contribution in [2.45, 2.75) is 43.9 Å². The van der Waals surface area contributed by atoms with Gasteiger partial charge in [-0.15, -0.1) is 0 Å². The third-order valence-electron chi connectivity index (χ3n) is 4.82. The Kier molecular flexibility index (Phi) is 7.34. The maximum Gasteiger partial charge on any atom is 0.471 e. The van der Waals surface area contributed by atoms with Gasteiger partial charge in [0, 0.05) is 27.1 Å². The van der Waals surface area contributed by atoms with Gasteiger partial charge in [-0.25, -0.2) is 9.67 Å². The third-order valence-corrected chi connectivity index (χ3v) is 4.82. The van der Waals surface area contributed by atoms with E-state index < -0.39 is 42.7 Å². The number of hydrogen-bond donors (Lipinski definition) is 4. The fraction of sp³-hybridized carbons (Fsp3) is 0.611. The van der Waals surface area contributed by atoms with Gasteiger partial charge in [-0.05, 0) is 12.8 Å². The summed E-state index contributed by atoms with van der Waals surface area (Å²) in [6.45, 7) is -0.705. The number of rotatable bonds is 8. The molecule has 1 aliphatic heterocycles. The molecule has 1 fully saturated rings. The number of nitrogens with one attached hydrogen (secondary N) is 2. The highest BCUT2D eigenvalue weighted by molar-refractivity contribution is 5.81. The SMILES string of the molecule is CN(C)/C=N/c1nc2c(c(CCCNC(=O)C(F)(F)F)nn2[C@H]2CC(O)[C@@H](CO)O2)c(=O)[nH]1. The highest BCUT2D eigenvalue weighted by Crippen LogP contribution is 2.31. The molecule has 2 aromatic heterocycles. The first-order valence-corrected chi connectivity index (χ1v) is 10.0. The lowest BCUT2D eigenvalue weighted by Gasteiger charge is -2.13. The first-order chi connectivity index (χ1) is 15.5. The van der Waals surface area contributed by atoms with Crippen LogP contribution in [0.1, 0.15) is 24.8 Å². The number of halogens is 3. The minimum atomic E-state index is -4.98. The number of amides is 1. The molecule has 0 aliphatic carbocycles. The molecule has 3 atom stereocenters. The standard InChI is InChI=1S/C18H24F3N7O5/c1-27(2)8-23-17-24-14-13(15(31)25-17)9(4-3-5-22-16(32)18(19,20)21)26-28(14)12-6-10(30)11(7-29)33-12/h8,10-12,29-30H,3-7H2,1-2H3,(H,22,32)(H,24,25,31)/b23-8+/t10?,11-,12-/m1/s1. The van der Waals surface area contributed by atoms with Crippen LogP contribution in [-0.4, -0.2) is 92.7 Å². The van der Waals surface area contributed by atoms with Gasteiger partial charge in [0.1, 0.15) is 11.5 Å². The molecule has 0 bridgehead atoms. The zero-order chi connectivity index (χ0) is 24.3. The smallest absolute Gasteiger partial charge is 0.394 e. The van der Waals surface area contributed by atoms with Gasteiger partial charge in [0.25, 0.3) is 5.56 Å². The fourth-order valence-electron chi connectivity index (χ4n) is 3.30. The van der Waals surface area contributed by atoms with E-state index in [0.29, 0.717) is 0 Å². The molecule has 15 heteroatoms. The molecule has 3 rings (SSSR count). The first kappa shape index (κ1) is 24.6. The van der Waals surface area contributed by atoms with E-state index in [1.165, 1.54) is 11.0 Å². The van der Waals surface area contributed by atoms with E-state index in [1.807, 2.05) is 0 Å². The van der Waals surface area contributed by atoms with Crippen molar-refractivity contribution in [3.8, 4) is 0 Å². The second-order valence-corrected chi connectivity index (χ2v) is 7.66. The summed E-state index contributed by atoms with van der Waals surface area (Å²) < 4.78 is 43.9. The van der Waals surface area contributed by atoms with Crippen LogP contribution in [0.3, 0.4) is 0 Å². The lowest BCUT2D eigenvalue weighted by Crippen LogP contribution is -2.37. The molecule has 1 amide bonds. The Morgan fingerprint density at radius 1 is 1.45 bits per heavy atom. The van der Waals surface area contributed by atoms with Gasteiger partial charge in [-0.1, -0.05) is 0 Å². The predicted octanol–water partition coefficient (Wildman–Crippen LogP) is -0.407. The van der Waals surface area contributed by atoms with E-state index in [-0.39, 0.29) is 48.5 Å². The highest BCUT2D eigenvalue weighted by atomic mass is 19.4. The maximum atomic E-state index is 12.8. The minimum absolute atomic E-state index is 0.0106. The molecule has 1 unspecified atom stereocenters. The monoisotopic (exact) mass is 475 g/mol. The molecule has 1 saturated heterocycles. The quantitative estimate of drug-likeness (QED) is 0.228. The summed E-state index contributed by atoms with van der Waals surface area (Å²) in [5, 5.41) is 25.6. The van der Waals surface area contributed by atoms with Gasteiger partial charge < -0.3 is 25.2 Å². The maximum absolute atomic E-state index is 12.8. The fourth-order valence-corrected chi connectivity index (χ4v) is 3.30. The van der Waals surface area contributed by atoms with Crippen molar-refractivity contribution in [3.05, 3.63) is 16.0 Å². The number of ether oxygens (including phenoxy) is 1. The number of aromatic amines is 1. The highest BCUT2D eigenvalue weighted by Gasteiger charge is 2.38. The normalized spacial score (nSPS) is 21.2. The van der Waals surface area contributed by atoms with E-state index in [1.54, 1.807) is 24.3 Å². The van der Waals surface area contributed by atoms with Gasteiger partial charge in [0.05, 0.1) is 24.7 Å². The molecule has 2 aromatic rings. The van der Waals surface area contributed by atoms with Gasteiger partial charge in [0.2, 0.25) is 5.95 Å². The van der Waals surface area contributed by atoms with Crippen LogP contribution >= 0.6 is 0 Å². The second-order valence-electron chi connectivity index (χ2n) is 7.66. The van der Waals surface area contributed by atoms with E-state index in [0.717, 1.165) is 0 Å². The van der Waals surface area contributed by atoms with Crippen LogP contribution < -0.4 is 10.9 Å². The van der Waals surface area contributed by atoms with Gasteiger partial charge >= 0.3 is 12.1 Å². The summed E-state index contributed by atoms with van der Waals surface area (Å²) in [5.41, 5.74) is -0.229. The van der Waals surface area contributed by atoms with E-state index in [2.05, 4.69) is 20.1 Å². The second kappa shape index (κ2) is 9.84. The molecular formula is C18H24F3N7O5. The number of carbonyl (C=O) groups is 1. The van der Waals surface area contributed by atoms with Crippen LogP contribution in [0.5, 0.6) is 0 Å². The van der Waals surface area contributed by atoms with Gasteiger partial charge in [-0.3, -0.25) is 14.6 Å². The Balaban J connectivity index is 1.91. The zero-order valence-corrected chi connectivity index (χ0v) is 17.8. The molecule has 1 aliphatic rings. The average molecular weight is 475 g/mol. The van der Waals surface area contributed by atoms with E-state index in [4.69, 9.17) is 4.74 Å². The molecule has 0 spiro atoms. The molecule has 0 aromatic carbocycles. The predicted molar refractivity (Wildman–Crippen MR) is 109 cm³/mol. The number of alkyl halides is 3. The Labute approximate surface area is 185 Å². The van der Waals surface area contributed by atoms with Crippen molar-refractivity contribution in [1.82, 2.24) is 30.0 Å². The summed E-state index contributed by atoms with van der Waals surface area (Å²) in [5.74, 6) is -2.06. The summed E-state index contributed by atoms with van der Waals surface area (Å²) in [6.07, 6.45) is -5.99. The van der Waals surface area contributed by atoms with Crippen LogP contribution in [0.15, 0.2) is 9.79 Å². The van der Waals surface area contributed by atoms with Crippen molar-refractivity contribution in [1.29, 1.82) is 0 Å². The van der Waals surface area contributed by atoms with E-state index in [9.17, 15) is 33.0 Å². The third kappa shape index (κ3) is 5.66. The van der Waals surface area contributed by atoms with Gasteiger partial charge in [0.15, 0.2) is 11.9 Å². The van der Waals surface area contributed by atoms with Crippen molar-refractivity contribution in [2.75, 3.05) is 27.2 Å². The molecule has 182 valence electrons. The lowest BCUT2D eigenvalue weighted by atomic mass is 10.2. The number of aliphatic hydroxyl groups is 2. The van der Waals surface area contributed by atoms with Crippen LogP contribution in [0.4, 0.5) is 19.1 Å². The zero-order valence-electron chi connectivity index (χ0n) is 17.8. The largest absolute Gasteiger partial charge is 0.471 e. The van der Waals surface area contributed by atoms with Crippen molar-refractivity contribution < 1.29 is 32.9 Å². The number of carbonyl (C=O) groups excluding carboxylic acids is 1. The molecule has 0 radical (unpaired) electrons. The van der Waals surface area contributed by atoms with Crippen molar-refractivity contribution in [2.24, 2.45) is 4.99 Å². The molecular weight excluding hydrogens is 451 g/mol. The number of nitrogens with zero attached hydrogens (tertiary/aromatic N) is 5. The Hall–Kier alpha value is -3.04. The van der Waals surface area contributed by atoms with Crippen LogP contribution in [-0.2, 0) is 16.0 Å². The molecule has 0 saturated carbocycles. The summed E-state index contributed by atoms with van der Waals surface area (Å²) >= 11 is 0. The summed E-state index contributed by atoms with van der Waals surface area (Å²) in [7, 11) is 3.45.